The number of hydrogen-bond donors (Lipinski definition) is 0. The summed E-state index contributed by atoms with van der Waals surface area (Å²) < 4.78 is 2.12. The molecule has 0 saturated carbocycles. The fourth-order valence-electron chi connectivity index (χ4n) is 4.21. The topological polar surface area (TPSA) is 44.6 Å². The van der Waals surface area contributed by atoms with E-state index < -0.39 is 0 Å². The Kier molecular flexibility index (Phi) is 5.25. The summed E-state index contributed by atoms with van der Waals surface area (Å²) in [6.45, 7) is 16.3. The van der Waals surface area contributed by atoms with Crippen LogP contribution in [0.1, 0.15) is 25.2 Å². The highest BCUT2D eigenvalue weighted by atomic mass is 16.2. The summed E-state index contributed by atoms with van der Waals surface area (Å²) >= 11 is 0. The Morgan fingerprint density at radius 1 is 1.17 bits per heavy atom. The molecule has 2 fully saturated rings. The van der Waals surface area contributed by atoms with Crippen molar-refractivity contribution in [1.29, 1.82) is 0 Å². The number of rotatable bonds is 4. The monoisotopic (exact) mass is 333 g/mol. The Balaban J connectivity index is 1.50. The molecule has 6 heteroatoms. The third-order valence-electron chi connectivity index (χ3n) is 5.61. The van der Waals surface area contributed by atoms with Crippen molar-refractivity contribution in [3.8, 4) is 0 Å². The molecule has 0 radical (unpaired) electrons. The van der Waals surface area contributed by atoms with E-state index in [0.717, 1.165) is 58.1 Å². The van der Waals surface area contributed by atoms with Gasteiger partial charge in [-0.25, -0.2) is 0 Å². The molecule has 1 aromatic heterocycles. The summed E-state index contributed by atoms with van der Waals surface area (Å²) in [4.78, 5) is 18.6. The van der Waals surface area contributed by atoms with Crippen molar-refractivity contribution < 1.29 is 4.79 Å². The lowest BCUT2D eigenvalue weighted by molar-refractivity contribution is -0.130. The molecule has 0 N–H and O–H groups in total. The summed E-state index contributed by atoms with van der Waals surface area (Å²) in [7, 11) is 0. The quantitative estimate of drug-likeness (QED) is 0.824. The van der Waals surface area contributed by atoms with Gasteiger partial charge in [0.1, 0.15) is 0 Å². The van der Waals surface area contributed by atoms with E-state index in [2.05, 4.69) is 46.4 Å². The number of amides is 1. The van der Waals surface area contributed by atoms with Crippen molar-refractivity contribution in [1.82, 2.24) is 24.5 Å². The molecular formula is C18H31N5O. The van der Waals surface area contributed by atoms with Gasteiger partial charge in [0.2, 0.25) is 5.91 Å². The highest BCUT2D eigenvalue weighted by molar-refractivity contribution is 5.73. The van der Waals surface area contributed by atoms with Gasteiger partial charge in [-0.15, -0.1) is 0 Å². The Labute approximate surface area is 145 Å². The van der Waals surface area contributed by atoms with Crippen LogP contribution in [0.15, 0.2) is 6.07 Å². The third kappa shape index (κ3) is 3.81. The van der Waals surface area contributed by atoms with Crippen molar-refractivity contribution in [2.45, 2.75) is 40.3 Å². The molecule has 6 nitrogen and oxygen atoms in total. The van der Waals surface area contributed by atoms with Crippen molar-refractivity contribution in [2.75, 3.05) is 45.8 Å². The van der Waals surface area contributed by atoms with Crippen molar-refractivity contribution in [2.24, 2.45) is 5.92 Å². The van der Waals surface area contributed by atoms with Gasteiger partial charge in [-0.2, -0.15) is 5.10 Å². The average Bonchev–Trinajstić information content (AvgIpc) is 3.07. The highest BCUT2D eigenvalue weighted by Crippen LogP contribution is 2.23. The summed E-state index contributed by atoms with van der Waals surface area (Å²) in [5.74, 6) is 0.898. The van der Waals surface area contributed by atoms with Gasteiger partial charge in [-0.1, -0.05) is 6.92 Å². The molecule has 134 valence electrons. The van der Waals surface area contributed by atoms with E-state index in [4.69, 9.17) is 0 Å². The molecule has 24 heavy (non-hydrogen) atoms. The largest absolute Gasteiger partial charge is 0.340 e. The first-order chi connectivity index (χ1) is 11.4. The average molecular weight is 333 g/mol. The van der Waals surface area contributed by atoms with E-state index in [0.29, 0.717) is 12.0 Å². The second kappa shape index (κ2) is 7.23. The SMILES string of the molecule is CC(=O)N1CCN([C@@H]2CN(CCn3nc(C)cc3C)C[C@@H]2C)CC1. The van der Waals surface area contributed by atoms with Crippen LogP contribution in [0, 0.1) is 19.8 Å². The smallest absolute Gasteiger partial charge is 0.219 e. The second-order valence-electron chi connectivity index (χ2n) is 7.50. The van der Waals surface area contributed by atoms with E-state index in [1.807, 2.05) is 4.90 Å². The van der Waals surface area contributed by atoms with Gasteiger partial charge in [0.25, 0.3) is 0 Å². The van der Waals surface area contributed by atoms with Crippen molar-refractivity contribution >= 4 is 5.91 Å². The minimum atomic E-state index is 0.209. The van der Waals surface area contributed by atoms with Crippen molar-refractivity contribution in [3.05, 3.63) is 17.5 Å². The molecule has 2 aliphatic heterocycles. The summed E-state index contributed by atoms with van der Waals surface area (Å²) in [6, 6.07) is 2.77. The number of carbonyl (C=O) groups is 1. The van der Waals surface area contributed by atoms with E-state index >= 15 is 0 Å². The van der Waals surface area contributed by atoms with Gasteiger partial charge in [-0.3, -0.25) is 19.3 Å². The van der Waals surface area contributed by atoms with Crippen LogP contribution in [-0.4, -0.2) is 82.2 Å². The Morgan fingerprint density at radius 2 is 1.88 bits per heavy atom. The third-order valence-corrected chi connectivity index (χ3v) is 5.61. The van der Waals surface area contributed by atoms with E-state index in [9.17, 15) is 4.79 Å². The molecule has 1 amide bonds. The fourth-order valence-corrected chi connectivity index (χ4v) is 4.21. The number of piperazine rings is 1. The molecule has 0 aromatic carbocycles. The first kappa shape index (κ1) is 17.4. The predicted octanol–water partition coefficient (Wildman–Crippen LogP) is 0.984. The molecule has 3 heterocycles. The number of hydrogen-bond acceptors (Lipinski definition) is 4. The first-order valence-electron chi connectivity index (χ1n) is 9.17. The molecule has 3 rings (SSSR count). The molecule has 2 atom stereocenters. The van der Waals surface area contributed by atoms with Crippen LogP contribution >= 0.6 is 0 Å². The lowest BCUT2D eigenvalue weighted by Gasteiger charge is -2.39. The summed E-state index contributed by atoms with van der Waals surface area (Å²) in [6.07, 6.45) is 0. The molecule has 0 bridgehead atoms. The number of carbonyl (C=O) groups excluding carboxylic acids is 1. The zero-order chi connectivity index (χ0) is 17.3. The predicted molar refractivity (Wildman–Crippen MR) is 94.9 cm³/mol. The maximum atomic E-state index is 11.5. The van der Waals surface area contributed by atoms with E-state index in [1.165, 1.54) is 5.69 Å². The minimum absolute atomic E-state index is 0.209. The van der Waals surface area contributed by atoms with Crippen LogP contribution < -0.4 is 0 Å². The highest BCUT2D eigenvalue weighted by Gasteiger charge is 2.35. The van der Waals surface area contributed by atoms with Gasteiger partial charge in [0.15, 0.2) is 0 Å². The summed E-state index contributed by atoms with van der Waals surface area (Å²) in [5.41, 5.74) is 2.35. The van der Waals surface area contributed by atoms with Gasteiger partial charge >= 0.3 is 0 Å². The van der Waals surface area contributed by atoms with Crippen LogP contribution in [-0.2, 0) is 11.3 Å². The molecule has 0 unspecified atom stereocenters. The van der Waals surface area contributed by atoms with Crippen molar-refractivity contribution in [3.63, 3.8) is 0 Å². The zero-order valence-electron chi connectivity index (χ0n) is 15.5. The molecule has 2 saturated heterocycles. The zero-order valence-corrected chi connectivity index (χ0v) is 15.5. The van der Waals surface area contributed by atoms with Crippen LogP contribution in [0.4, 0.5) is 0 Å². The fraction of sp³-hybridized carbons (Fsp3) is 0.778. The molecule has 0 aliphatic carbocycles. The minimum Gasteiger partial charge on any atom is -0.340 e. The van der Waals surface area contributed by atoms with Crippen LogP contribution in [0.5, 0.6) is 0 Å². The van der Waals surface area contributed by atoms with Crippen LogP contribution in [0.2, 0.25) is 0 Å². The normalized spacial score (nSPS) is 26.2. The first-order valence-corrected chi connectivity index (χ1v) is 9.17. The van der Waals surface area contributed by atoms with Crippen LogP contribution in [0.3, 0.4) is 0 Å². The van der Waals surface area contributed by atoms with Crippen LogP contribution in [0.25, 0.3) is 0 Å². The molecular weight excluding hydrogens is 302 g/mol. The number of aromatic nitrogens is 2. The molecule has 1 aromatic rings. The van der Waals surface area contributed by atoms with E-state index in [1.54, 1.807) is 6.92 Å². The number of nitrogens with zero attached hydrogens (tertiary/aromatic N) is 5. The second-order valence-corrected chi connectivity index (χ2v) is 7.50. The Morgan fingerprint density at radius 3 is 2.46 bits per heavy atom. The van der Waals surface area contributed by atoms with Gasteiger partial charge in [0, 0.05) is 64.5 Å². The van der Waals surface area contributed by atoms with E-state index in [-0.39, 0.29) is 5.91 Å². The Hall–Kier alpha value is -1.40. The lowest BCUT2D eigenvalue weighted by Crippen LogP contribution is -2.53. The van der Waals surface area contributed by atoms with Gasteiger partial charge in [-0.05, 0) is 25.8 Å². The number of aryl methyl sites for hydroxylation is 2. The maximum absolute atomic E-state index is 11.5. The van der Waals surface area contributed by atoms with Gasteiger partial charge < -0.3 is 4.90 Å². The lowest BCUT2D eigenvalue weighted by atomic mass is 10.0. The van der Waals surface area contributed by atoms with Gasteiger partial charge in [0.05, 0.1) is 12.2 Å². The Bertz CT molecular complexity index is 576. The molecule has 0 spiro atoms. The maximum Gasteiger partial charge on any atom is 0.219 e. The standard InChI is InChI=1S/C18H31N5O/c1-14-12-20(5-10-23-16(3)11-15(2)19-23)13-18(14)22-8-6-21(7-9-22)17(4)24/h11,14,18H,5-10,12-13H2,1-4H3/t14-,18+/m0/s1. The number of likely N-dealkylation sites (tertiary alicyclic amines) is 1. The molecule has 2 aliphatic rings. The summed E-state index contributed by atoms with van der Waals surface area (Å²) in [5, 5.41) is 4.57.